The molecular formula is C13H14N2S. The lowest BCUT2D eigenvalue weighted by atomic mass is 9.40. The van der Waals surface area contributed by atoms with E-state index < -0.39 is 0 Å². The zero-order valence-electron chi connectivity index (χ0n) is 9.29. The molecule has 3 fully saturated rings. The highest BCUT2D eigenvalue weighted by Crippen LogP contribution is 2.67. The predicted octanol–water partition coefficient (Wildman–Crippen LogP) is 2.74. The Balaban J connectivity index is 1.82. The summed E-state index contributed by atoms with van der Waals surface area (Å²) in [4.78, 5) is 4.80. The molecular weight excluding hydrogens is 216 g/mol. The number of rotatable bonds is 1. The van der Waals surface area contributed by atoms with Crippen molar-refractivity contribution in [1.82, 2.24) is 4.98 Å². The number of fused-ring (bicyclic) bond motifs is 1. The molecule has 82 valence electrons. The first-order chi connectivity index (χ1) is 7.59. The Hall–Kier alpha value is -0.930. The maximum Gasteiger partial charge on any atom is 0.100 e. The highest BCUT2D eigenvalue weighted by Gasteiger charge is 2.67. The molecule has 0 spiro atoms. The number of thiazole rings is 1. The molecule has 1 heterocycles. The molecule has 0 radical (unpaired) electrons. The van der Waals surface area contributed by atoms with Gasteiger partial charge in [-0.05, 0) is 43.9 Å². The van der Waals surface area contributed by atoms with Crippen molar-refractivity contribution < 1.29 is 0 Å². The maximum absolute atomic E-state index is 6.11. The van der Waals surface area contributed by atoms with Crippen molar-refractivity contribution in [2.75, 3.05) is 0 Å². The van der Waals surface area contributed by atoms with Gasteiger partial charge in [-0.15, -0.1) is 11.3 Å². The molecule has 3 aliphatic carbocycles. The van der Waals surface area contributed by atoms with Crippen LogP contribution >= 0.6 is 11.3 Å². The quantitative estimate of drug-likeness (QED) is 0.818. The van der Waals surface area contributed by atoms with E-state index >= 15 is 0 Å². The number of aryl methyl sites for hydroxylation is 1. The Morgan fingerprint density at radius 3 is 2.75 bits per heavy atom. The van der Waals surface area contributed by atoms with Crippen LogP contribution in [0.5, 0.6) is 0 Å². The lowest BCUT2D eigenvalue weighted by molar-refractivity contribution is -0.0589. The van der Waals surface area contributed by atoms with Crippen LogP contribution in [0.15, 0.2) is 18.2 Å². The first kappa shape index (κ1) is 9.14. The number of benzene rings is 1. The third kappa shape index (κ3) is 0.980. The Kier molecular flexibility index (Phi) is 1.42. The van der Waals surface area contributed by atoms with E-state index in [0.717, 1.165) is 24.8 Å². The van der Waals surface area contributed by atoms with Gasteiger partial charge in [-0.2, -0.15) is 0 Å². The van der Waals surface area contributed by atoms with Crippen LogP contribution in [-0.2, 0) is 5.41 Å². The molecule has 0 aliphatic heterocycles. The molecule has 3 aliphatic rings. The average molecular weight is 230 g/mol. The topological polar surface area (TPSA) is 38.9 Å². The minimum atomic E-state index is 0.174. The standard InChI is InChI=1S/C13H14N2S/c1-8-2-3-10-9(4-8)15-11(16-10)12-5-13(14,6-12)7-12/h2-4H,5-7,14H2,1H3. The molecule has 2 bridgehead atoms. The Bertz CT molecular complexity index is 579. The van der Waals surface area contributed by atoms with E-state index in [9.17, 15) is 0 Å². The van der Waals surface area contributed by atoms with Crippen molar-refractivity contribution in [3.05, 3.63) is 28.8 Å². The van der Waals surface area contributed by atoms with Gasteiger partial charge in [-0.1, -0.05) is 6.07 Å². The van der Waals surface area contributed by atoms with Gasteiger partial charge in [0, 0.05) is 11.0 Å². The molecule has 1 aromatic heterocycles. The highest BCUT2D eigenvalue weighted by molar-refractivity contribution is 7.18. The molecule has 0 atom stereocenters. The smallest absolute Gasteiger partial charge is 0.100 e. The minimum absolute atomic E-state index is 0.174. The van der Waals surface area contributed by atoms with Crippen molar-refractivity contribution in [1.29, 1.82) is 0 Å². The summed E-state index contributed by atoms with van der Waals surface area (Å²) in [5, 5.41) is 1.32. The van der Waals surface area contributed by atoms with Crippen LogP contribution in [0, 0.1) is 6.92 Å². The fraction of sp³-hybridized carbons (Fsp3) is 0.462. The number of hydrogen-bond donors (Lipinski definition) is 1. The number of nitrogens with zero attached hydrogens (tertiary/aromatic N) is 1. The van der Waals surface area contributed by atoms with E-state index in [0.29, 0.717) is 5.41 Å². The van der Waals surface area contributed by atoms with Crippen molar-refractivity contribution in [2.45, 2.75) is 37.1 Å². The van der Waals surface area contributed by atoms with Crippen LogP contribution in [0.3, 0.4) is 0 Å². The molecule has 5 rings (SSSR count). The third-order valence-electron chi connectivity index (χ3n) is 4.07. The van der Waals surface area contributed by atoms with Crippen LogP contribution < -0.4 is 5.73 Å². The highest BCUT2D eigenvalue weighted by atomic mass is 32.1. The van der Waals surface area contributed by atoms with E-state index in [4.69, 9.17) is 10.7 Å². The van der Waals surface area contributed by atoms with Gasteiger partial charge < -0.3 is 5.73 Å². The lowest BCUT2D eigenvalue weighted by Crippen LogP contribution is -2.74. The van der Waals surface area contributed by atoms with Gasteiger partial charge >= 0.3 is 0 Å². The lowest BCUT2D eigenvalue weighted by Gasteiger charge is -2.68. The number of aromatic nitrogens is 1. The van der Waals surface area contributed by atoms with Crippen LogP contribution in [0.2, 0.25) is 0 Å². The first-order valence-corrected chi connectivity index (χ1v) is 6.57. The second-order valence-corrected chi connectivity index (χ2v) is 6.69. The van der Waals surface area contributed by atoms with E-state index in [-0.39, 0.29) is 5.54 Å². The first-order valence-electron chi connectivity index (χ1n) is 5.75. The van der Waals surface area contributed by atoms with Gasteiger partial charge in [-0.25, -0.2) is 4.98 Å². The summed E-state index contributed by atoms with van der Waals surface area (Å²) < 4.78 is 1.32. The van der Waals surface area contributed by atoms with E-state index in [1.54, 1.807) is 0 Å². The van der Waals surface area contributed by atoms with Crippen LogP contribution in [0.4, 0.5) is 0 Å². The molecule has 16 heavy (non-hydrogen) atoms. The fourth-order valence-corrected chi connectivity index (χ4v) is 4.49. The zero-order chi connectivity index (χ0) is 11.0. The third-order valence-corrected chi connectivity index (χ3v) is 5.35. The van der Waals surface area contributed by atoms with Crippen LogP contribution in [0.25, 0.3) is 10.2 Å². The summed E-state index contributed by atoms with van der Waals surface area (Å²) in [5.74, 6) is 0. The van der Waals surface area contributed by atoms with Gasteiger partial charge in [0.05, 0.1) is 10.2 Å². The molecule has 0 unspecified atom stereocenters. The Morgan fingerprint density at radius 2 is 2.06 bits per heavy atom. The molecule has 3 saturated carbocycles. The molecule has 0 amide bonds. The van der Waals surface area contributed by atoms with Crippen LogP contribution in [-0.4, -0.2) is 10.5 Å². The summed E-state index contributed by atoms with van der Waals surface area (Å²) >= 11 is 1.86. The Labute approximate surface area is 98.5 Å². The molecule has 0 saturated heterocycles. The van der Waals surface area contributed by atoms with Crippen LogP contribution in [0.1, 0.15) is 29.8 Å². The maximum atomic E-state index is 6.11. The van der Waals surface area contributed by atoms with Crippen molar-refractivity contribution in [3.63, 3.8) is 0 Å². The minimum Gasteiger partial charge on any atom is -0.325 e. The summed E-state index contributed by atoms with van der Waals surface area (Å²) in [6.07, 6.45) is 3.45. The fourth-order valence-electron chi connectivity index (χ4n) is 3.36. The monoisotopic (exact) mass is 230 g/mol. The van der Waals surface area contributed by atoms with E-state index in [1.165, 1.54) is 15.3 Å². The summed E-state index contributed by atoms with van der Waals surface area (Å²) in [7, 11) is 0. The second-order valence-electron chi connectivity index (χ2n) is 5.66. The van der Waals surface area contributed by atoms with Gasteiger partial charge in [0.1, 0.15) is 5.01 Å². The van der Waals surface area contributed by atoms with Gasteiger partial charge in [0.15, 0.2) is 0 Å². The number of nitrogens with two attached hydrogens (primary N) is 1. The average Bonchev–Trinajstić information content (AvgIpc) is 2.53. The van der Waals surface area contributed by atoms with Gasteiger partial charge in [-0.3, -0.25) is 0 Å². The van der Waals surface area contributed by atoms with Gasteiger partial charge in [0.25, 0.3) is 0 Å². The van der Waals surface area contributed by atoms with Crippen molar-refractivity contribution >= 4 is 21.6 Å². The Morgan fingerprint density at radius 1 is 1.31 bits per heavy atom. The van der Waals surface area contributed by atoms with Gasteiger partial charge in [0.2, 0.25) is 0 Å². The molecule has 2 N–H and O–H groups in total. The number of hydrogen-bond acceptors (Lipinski definition) is 3. The normalized spacial score (nSPS) is 35.9. The summed E-state index contributed by atoms with van der Waals surface area (Å²) in [5.41, 5.74) is 9.10. The van der Waals surface area contributed by atoms with E-state index in [1.807, 2.05) is 11.3 Å². The molecule has 1 aromatic carbocycles. The van der Waals surface area contributed by atoms with Crippen molar-refractivity contribution in [3.8, 4) is 0 Å². The summed E-state index contributed by atoms with van der Waals surface area (Å²) in [6.45, 7) is 2.12. The SMILES string of the molecule is Cc1ccc2sc(C34CC(N)(C3)C4)nc2c1. The largest absolute Gasteiger partial charge is 0.325 e. The second kappa shape index (κ2) is 2.49. The molecule has 2 aromatic rings. The zero-order valence-corrected chi connectivity index (χ0v) is 10.1. The van der Waals surface area contributed by atoms with Crippen molar-refractivity contribution in [2.24, 2.45) is 5.73 Å². The molecule has 2 nitrogen and oxygen atoms in total. The molecule has 3 heteroatoms. The summed E-state index contributed by atoms with van der Waals surface area (Å²) in [6, 6.07) is 6.53. The predicted molar refractivity (Wildman–Crippen MR) is 66.8 cm³/mol. The van der Waals surface area contributed by atoms with E-state index in [2.05, 4.69) is 25.1 Å².